The van der Waals surface area contributed by atoms with Gasteiger partial charge in [0.1, 0.15) is 0 Å². The molecule has 7 nitrogen and oxygen atoms in total. The van der Waals surface area contributed by atoms with Gasteiger partial charge in [-0.1, -0.05) is 31.4 Å². The first-order valence-corrected chi connectivity index (χ1v) is 11.1. The predicted octanol–water partition coefficient (Wildman–Crippen LogP) is 3.17. The summed E-state index contributed by atoms with van der Waals surface area (Å²) in [6, 6.07) is 10.0. The lowest BCUT2D eigenvalue weighted by Gasteiger charge is -2.33. The largest absolute Gasteiger partial charge is 0.338 e. The number of benzene rings is 1. The lowest BCUT2D eigenvalue weighted by atomic mass is 9.96. The van der Waals surface area contributed by atoms with Gasteiger partial charge < -0.3 is 15.5 Å². The van der Waals surface area contributed by atoms with Gasteiger partial charge in [0.05, 0.1) is 6.54 Å². The van der Waals surface area contributed by atoms with E-state index in [4.69, 9.17) is 0 Å². The normalized spacial score (nSPS) is 18.2. The summed E-state index contributed by atoms with van der Waals surface area (Å²) in [6.07, 6.45) is 11.1. The molecular formula is C23H31N5O2. The Bertz CT molecular complexity index is 820. The van der Waals surface area contributed by atoms with Crippen molar-refractivity contribution in [2.75, 3.05) is 13.1 Å². The van der Waals surface area contributed by atoms with Crippen LogP contribution in [0, 0.1) is 0 Å². The van der Waals surface area contributed by atoms with E-state index in [-0.39, 0.29) is 18.0 Å². The molecule has 4 rings (SSSR count). The average Bonchev–Trinajstić information content (AvgIpc) is 3.28. The molecule has 7 heteroatoms. The van der Waals surface area contributed by atoms with Crippen molar-refractivity contribution in [3.8, 4) is 0 Å². The maximum Gasteiger partial charge on any atom is 0.315 e. The van der Waals surface area contributed by atoms with Gasteiger partial charge in [0.15, 0.2) is 0 Å². The van der Waals surface area contributed by atoms with Crippen molar-refractivity contribution in [2.45, 2.75) is 63.6 Å². The minimum atomic E-state index is -0.0561. The number of carbonyl (C=O) groups excluding carboxylic acids is 2. The molecule has 1 aromatic carbocycles. The van der Waals surface area contributed by atoms with Gasteiger partial charge in [-0.25, -0.2) is 4.79 Å². The molecule has 0 bridgehead atoms. The zero-order valence-corrected chi connectivity index (χ0v) is 17.4. The molecule has 1 saturated heterocycles. The molecule has 2 aromatic rings. The second-order valence-electron chi connectivity index (χ2n) is 8.42. The minimum Gasteiger partial charge on any atom is -0.338 e. The van der Waals surface area contributed by atoms with Crippen molar-refractivity contribution in [3.63, 3.8) is 0 Å². The highest BCUT2D eigenvalue weighted by atomic mass is 16.2. The zero-order valence-electron chi connectivity index (χ0n) is 17.4. The van der Waals surface area contributed by atoms with E-state index < -0.39 is 0 Å². The summed E-state index contributed by atoms with van der Waals surface area (Å²) >= 11 is 0. The number of piperidine rings is 1. The Kier molecular flexibility index (Phi) is 6.67. The summed E-state index contributed by atoms with van der Waals surface area (Å²) in [7, 11) is 0. The first-order chi connectivity index (χ1) is 14.7. The molecule has 0 atom stereocenters. The Morgan fingerprint density at radius 1 is 0.933 bits per heavy atom. The van der Waals surface area contributed by atoms with Crippen LogP contribution in [-0.4, -0.2) is 51.8 Å². The van der Waals surface area contributed by atoms with Gasteiger partial charge >= 0.3 is 6.03 Å². The molecule has 0 spiro atoms. The lowest BCUT2D eigenvalue weighted by Crippen LogP contribution is -2.51. The van der Waals surface area contributed by atoms with Gasteiger partial charge in [0.25, 0.3) is 5.91 Å². The van der Waals surface area contributed by atoms with E-state index in [1.54, 1.807) is 6.20 Å². The van der Waals surface area contributed by atoms with Gasteiger partial charge in [-0.3, -0.25) is 9.48 Å². The second kappa shape index (κ2) is 9.78. The van der Waals surface area contributed by atoms with Gasteiger partial charge in [0.2, 0.25) is 0 Å². The van der Waals surface area contributed by atoms with Crippen LogP contribution in [-0.2, 0) is 6.54 Å². The van der Waals surface area contributed by atoms with Crippen LogP contribution in [0.4, 0.5) is 4.79 Å². The second-order valence-corrected chi connectivity index (χ2v) is 8.42. The fourth-order valence-electron chi connectivity index (χ4n) is 4.40. The molecule has 1 aromatic heterocycles. The predicted molar refractivity (Wildman–Crippen MR) is 115 cm³/mol. The van der Waals surface area contributed by atoms with Crippen LogP contribution < -0.4 is 10.6 Å². The van der Waals surface area contributed by atoms with Gasteiger partial charge in [-0.2, -0.15) is 5.10 Å². The van der Waals surface area contributed by atoms with Crippen LogP contribution in [0.1, 0.15) is 60.9 Å². The van der Waals surface area contributed by atoms with E-state index in [1.165, 1.54) is 19.3 Å². The number of aromatic nitrogens is 2. The fraction of sp³-hybridized carbons (Fsp3) is 0.522. The third-order valence-corrected chi connectivity index (χ3v) is 6.16. The van der Waals surface area contributed by atoms with Crippen molar-refractivity contribution in [2.24, 2.45) is 0 Å². The number of rotatable bonds is 5. The van der Waals surface area contributed by atoms with E-state index >= 15 is 0 Å². The number of urea groups is 1. The number of hydrogen-bond donors (Lipinski definition) is 2. The Hall–Kier alpha value is -2.83. The average molecular weight is 410 g/mol. The summed E-state index contributed by atoms with van der Waals surface area (Å²) in [5.74, 6) is 0.0609. The minimum absolute atomic E-state index is 0.0561. The number of amides is 3. The van der Waals surface area contributed by atoms with Crippen LogP contribution >= 0.6 is 0 Å². The molecule has 1 saturated carbocycles. The van der Waals surface area contributed by atoms with E-state index in [0.29, 0.717) is 31.2 Å². The van der Waals surface area contributed by atoms with Crippen LogP contribution in [0.25, 0.3) is 0 Å². The zero-order chi connectivity index (χ0) is 20.8. The van der Waals surface area contributed by atoms with Crippen LogP contribution in [0.3, 0.4) is 0 Å². The molecule has 2 heterocycles. The Balaban J connectivity index is 1.22. The molecule has 0 radical (unpaired) electrons. The molecule has 160 valence electrons. The number of carbonyl (C=O) groups is 2. The molecular weight excluding hydrogens is 378 g/mol. The summed E-state index contributed by atoms with van der Waals surface area (Å²) < 4.78 is 1.86. The molecule has 2 fully saturated rings. The van der Waals surface area contributed by atoms with Crippen molar-refractivity contribution in [1.29, 1.82) is 0 Å². The highest BCUT2D eigenvalue weighted by molar-refractivity contribution is 5.94. The third-order valence-electron chi connectivity index (χ3n) is 6.16. The molecule has 1 aliphatic heterocycles. The Labute approximate surface area is 177 Å². The maximum atomic E-state index is 12.8. The Morgan fingerprint density at radius 2 is 1.60 bits per heavy atom. The Morgan fingerprint density at radius 3 is 2.23 bits per heavy atom. The van der Waals surface area contributed by atoms with E-state index in [2.05, 4.69) is 15.7 Å². The molecule has 30 heavy (non-hydrogen) atoms. The molecule has 0 unspecified atom stereocenters. The van der Waals surface area contributed by atoms with E-state index in [1.807, 2.05) is 46.1 Å². The molecule has 1 aliphatic carbocycles. The smallest absolute Gasteiger partial charge is 0.315 e. The SMILES string of the molecule is O=C(NC1CCCCC1)NC1CCN(C(=O)c2ccc(Cn3cccn3)cc2)CC1. The quantitative estimate of drug-likeness (QED) is 0.796. The van der Waals surface area contributed by atoms with Crippen LogP contribution in [0.15, 0.2) is 42.7 Å². The van der Waals surface area contributed by atoms with E-state index in [9.17, 15) is 9.59 Å². The first-order valence-electron chi connectivity index (χ1n) is 11.1. The summed E-state index contributed by atoms with van der Waals surface area (Å²) in [6.45, 7) is 2.03. The summed E-state index contributed by atoms with van der Waals surface area (Å²) in [4.78, 5) is 27.0. The van der Waals surface area contributed by atoms with Crippen LogP contribution in [0.2, 0.25) is 0 Å². The number of nitrogens with one attached hydrogen (secondary N) is 2. The fourth-order valence-corrected chi connectivity index (χ4v) is 4.40. The topological polar surface area (TPSA) is 79.3 Å². The monoisotopic (exact) mass is 409 g/mol. The van der Waals surface area contributed by atoms with Crippen molar-refractivity contribution in [1.82, 2.24) is 25.3 Å². The number of nitrogens with zero attached hydrogens (tertiary/aromatic N) is 3. The van der Waals surface area contributed by atoms with Crippen LogP contribution in [0.5, 0.6) is 0 Å². The lowest BCUT2D eigenvalue weighted by molar-refractivity contribution is 0.0708. The standard InChI is InChI=1S/C23H31N5O2/c29-22(19-9-7-18(8-10-19)17-28-14-4-13-24-28)27-15-11-21(12-16-27)26-23(30)25-20-5-2-1-3-6-20/h4,7-10,13-14,20-21H,1-3,5-6,11-12,15-17H2,(H2,25,26,30). The summed E-state index contributed by atoms with van der Waals surface area (Å²) in [5.41, 5.74) is 1.82. The molecule has 3 amide bonds. The highest BCUT2D eigenvalue weighted by Crippen LogP contribution is 2.18. The maximum absolute atomic E-state index is 12.8. The molecule has 2 N–H and O–H groups in total. The van der Waals surface area contributed by atoms with Crippen molar-refractivity contribution < 1.29 is 9.59 Å². The third kappa shape index (κ3) is 5.40. The van der Waals surface area contributed by atoms with Crippen molar-refractivity contribution >= 4 is 11.9 Å². The summed E-state index contributed by atoms with van der Waals surface area (Å²) in [5, 5.41) is 10.4. The van der Waals surface area contributed by atoms with E-state index in [0.717, 1.165) is 31.2 Å². The number of hydrogen-bond acceptors (Lipinski definition) is 3. The number of likely N-dealkylation sites (tertiary alicyclic amines) is 1. The first kappa shape index (κ1) is 20.4. The van der Waals surface area contributed by atoms with Crippen molar-refractivity contribution in [3.05, 3.63) is 53.9 Å². The molecule has 2 aliphatic rings. The van der Waals surface area contributed by atoms with Gasteiger partial charge in [-0.05, 0) is 49.4 Å². The highest BCUT2D eigenvalue weighted by Gasteiger charge is 2.25. The van der Waals surface area contributed by atoms with Gasteiger partial charge in [-0.15, -0.1) is 0 Å². The van der Waals surface area contributed by atoms with Gasteiger partial charge in [0, 0.05) is 43.1 Å².